The molecule has 4 heterocycles. The molecule has 0 aliphatic carbocycles. The van der Waals surface area contributed by atoms with E-state index in [1.807, 2.05) is 73.1 Å². The predicted octanol–water partition coefficient (Wildman–Crippen LogP) is 11.1. The molecule has 0 unspecified atom stereocenters. The van der Waals surface area contributed by atoms with E-state index < -0.39 is 0 Å². The molecule has 5 nitrogen and oxygen atoms in total. The van der Waals surface area contributed by atoms with Crippen molar-refractivity contribution in [3.63, 3.8) is 0 Å². The first-order valence-electron chi connectivity index (χ1n) is 14.0. The molecular weight excluding hydrogens is 937 g/mol. The Morgan fingerprint density at radius 3 is 1.77 bits per heavy atom. The van der Waals surface area contributed by atoms with E-state index in [-0.39, 0.29) is 38.3 Å². The maximum absolute atomic E-state index is 11.2. The summed E-state index contributed by atoms with van der Waals surface area (Å²) in [4.78, 5) is 22.1. The number of benzene rings is 3. The monoisotopic (exact) mass is 961 g/mol. The van der Waals surface area contributed by atoms with Gasteiger partial charge in [0.05, 0.1) is 10.2 Å². The van der Waals surface area contributed by atoms with Gasteiger partial charge >= 0.3 is 0 Å². The third-order valence-electron chi connectivity index (χ3n) is 6.12. The predicted molar refractivity (Wildman–Crippen MR) is 197 cm³/mol. The first kappa shape index (κ1) is 36.3. The minimum absolute atomic E-state index is 0. The molecule has 239 valence electrons. The number of allylic oxidation sites excluding steroid dienone is 1. The van der Waals surface area contributed by atoms with Crippen LogP contribution < -0.4 is 4.74 Å². The Kier molecular flexibility index (Phi) is 14.0. The molecule has 7 rings (SSSR count). The van der Waals surface area contributed by atoms with E-state index in [0.29, 0.717) is 5.75 Å². The SMILES string of the molecule is CC(O)=CC(=O)COc1cc(Br)ccc1Br.[Ir].[c-]1c(-c2ccccn2)sc2ccccc12.[c-]1c(-c2ccccn2)sc2ccccc12. The second kappa shape index (κ2) is 18.2. The summed E-state index contributed by atoms with van der Waals surface area (Å²) in [5.74, 6) is 0.264. The fraction of sp³-hybridized carbons (Fsp3) is 0.0541. The van der Waals surface area contributed by atoms with Crippen molar-refractivity contribution in [3.05, 3.63) is 148 Å². The number of nitrogens with zero attached hydrogens (tertiary/aromatic N) is 2. The third kappa shape index (κ3) is 10.8. The van der Waals surface area contributed by atoms with Crippen LogP contribution in [-0.4, -0.2) is 27.5 Å². The van der Waals surface area contributed by atoms with Crippen LogP contribution in [-0.2, 0) is 24.9 Å². The summed E-state index contributed by atoms with van der Waals surface area (Å²) < 4.78 is 9.46. The van der Waals surface area contributed by atoms with Crippen LogP contribution >= 0.6 is 54.5 Å². The number of carbonyl (C=O) groups excluding carboxylic acids is 1. The second-order valence-corrected chi connectivity index (χ2v) is 13.5. The van der Waals surface area contributed by atoms with Crippen molar-refractivity contribution in [1.82, 2.24) is 9.97 Å². The Morgan fingerprint density at radius 1 is 0.787 bits per heavy atom. The molecule has 1 radical (unpaired) electrons. The standard InChI is InChI=1S/2C13H8NS.C11H10Br2O3.Ir/c2*1-2-7-12-10(5-1)9-13(15-12)11-6-3-4-8-14-11;1-7(14)4-9(15)6-16-11-5-8(12)2-3-10(11)13;/h2*1-8H;2-5,14H,6H2,1H3;/q2*-1;;. The summed E-state index contributed by atoms with van der Waals surface area (Å²) in [6.45, 7) is 1.33. The topological polar surface area (TPSA) is 72.3 Å². The van der Waals surface area contributed by atoms with Gasteiger partial charge < -0.3 is 19.8 Å². The van der Waals surface area contributed by atoms with Gasteiger partial charge in [-0.25, -0.2) is 22.7 Å². The van der Waals surface area contributed by atoms with Gasteiger partial charge in [0, 0.05) is 54.4 Å². The molecule has 0 aliphatic rings. The molecule has 0 aliphatic heterocycles. The maximum Gasteiger partial charge on any atom is 0.196 e. The van der Waals surface area contributed by atoms with Crippen molar-refractivity contribution in [2.24, 2.45) is 0 Å². The number of halogens is 2. The zero-order chi connectivity index (χ0) is 32.3. The summed E-state index contributed by atoms with van der Waals surface area (Å²) in [6.07, 6.45) is 4.76. The molecule has 0 amide bonds. The van der Waals surface area contributed by atoms with Gasteiger partial charge in [-0.15, -0.1) is 47.2 Å². The minimum Gasteiger partial charge on any atom is -0.512 e. The van der Waals surface area contributed by atoms with Crippen LogP contribution in [0, 0.1) is 12.1 Å². The number of aliphatic hydroxyl groups is 1. The number of carbonyl (C=O) groups is 1. The molecule has 0 atom stereocenters. The molecule has 0 saturated carbocycles. The van der Waals surface area contributed by atoms with Gasteiger partial charge in [-0.3, -0.25) is 4.79 Å². The average Bonchev–Trinajstić information content (AvgIpc) is 3.71. The summed E-state index contributed by atoms with van der Waals surface area (Å²) in [5, 5.41) is 11.2. The van der Waals surface area contributed by atoms with Gasteiger partial charge in [0.1, 0.15) is 5.75 Å². The van der Waals surface area contributed by atoms with Gasteiger partial charge in [-0.2, -0.15) is 0 Å². The van der Waals surface area contributed by atoms with Gasteiger partial charge in [-0.1, -0.05) is 64.5 Å². The molecule has 7 aromatic rings. The zero-order valence-corrected chi connectivity index (χ0v) is 32.0. The molecule has 10 heteroatoms. The number of thiophene rings is 2. The first-order valence-corrected chi connectivity index (χ1v) is 17.2. The Morgan fingerprint density at radius 2 is 1.30 bits per heavy atom. The van der Waals surface area contributed by atoms with E-state index in [1.54, 1.807) is 28.7 Å². The van der Waals surface area contributed by atoms with Gasteiger partial charge in [-0.05, 0) is 72.3 Å². The number of fused-ring (bicyclic) bond motifs is 2. The number of rotatable bonds is 6. The Bertz CT molecular complexity index is 1900. The Labute approximate surface area is 311 Å². The van der Waals surface area contributed by atoms with Crippen molar-refractivity contribution in [2.45, 2.75) is 6.92 Å². The van der Waals surface area contributed by atoms with Crippen molar-refractivity contribution in [2.75, 3.05) is 6.61 Å². The smallest absolute Gasteiger partial charge is 0.196 e. The number of aliphatic hydroxyl groups excluding tert-OH is 1. The largest absolute Gasteiger partial charge is 0.512 e. The molecule has 1 N–H and O–H groups in total. The summed E-state index contributed by atoms with van der Waals surface area (Å²) >= 11 is 10.1. The van der Waals surface area contributed by atoms with E-state index in [1.165, 1.54) is 27.1 Å². The van der Waals surface area contributed by atoms with E-state index in [9.17, 15) is 4.79 Å². The zero-order valence-electron chi connectivity index (χ0n) is 24.8. The van der Waals surface area contributed by atoms with Crippen LogP contribution in [0.3, 0.4) is 0 Å². The number of ether oxygens (including phenoxy) is 1. The number of ketones is 1. The second-order valence-electron chi connectivity index (χ2n) is 9.65. The fourth-order valence-corrected chi connectivity index (χ4v) is 6.74. The summed E-state index contributed by atoms with van der Waals surface area (Å²) in [7, 11) is 0. The van der Waals surface area contributed by atoms with Crippen LogP contribution in [0.4, 0.5) is 0 Å². The molecule has 4 aromatic heterocycles. The van der Waals surface area contributed by atoms with Crippen LogP contribution in [0.5, 0.6) is 5.75 Å². The molecule has 0 bridgehead atoms. The minimum atomic E-state index is -0.285. The quantitative estimate of drug-likeness (QED) is 0.102. The number of pyridine rings is 2. The van der Waals surface area contributed by atoms with E-state index in [2.05, 4.69) is 90.4 Å². The maximum atomic E-state index is 11.2. The molecule has 0 saturated heterocycles. The first-order chi connectivity index (χ1) is 22.4. The molecule has 47 heavy (non-hydrogen) atoms. The number of aromatic nitrogens is 2. The summed E-state index contributed by atoms with van der Waals surface area (Å²) in [6, 6.07) is 40.6. The van der Waals surface area contributed by atoms with Crippen LogP contribution in [0.1, 0.15) is 6.92 Å². The van der Waals surface area contributed by atoms with Gasteiger partial charge in [0.2, 0.25) is 0 Å². The Hall–Kier alpha value is -3.50. The van der Waals surface area contributed by atoms with Crippen LogP contribution in [0.15, 0.2) is 136 Å². The van der Waals surface area contributed by atoms with Gasteiger partial charge in [0.15, 0.2) is 12.4 Å². The van der Waals surface area contributed by atoms with E-state index in [4.69, 9.17) is 9.84 Å². The van der Waals surface area contributed by atoms with E-state index in [0.717, 1.165) is 36.2 Å². The van der Waals surface area contributed by atoms with Crippen molar-refractivity contribution in [3.8, 4) is 26.9 Å². The number of hydrogen-bond acceptors (Lipinski definition) is 7. The van der Waals surface area contributed by atoms with Crippen molar-refractivity contribution >= 4 is 80.5 Å². The summed E-state index contributed by atoms with van der Waals surface area (Å²) in [5.41, 5.74) is 2.00. The van der Waals surface area contributed by atoms with Crippen molar-refractivity contribution in [1.29, 1.82) is 0 Å². The number of hydrogen-bond donors (Lipinski definition) is 1. The molecule has 0 spiro atoms. The Balaban J connectivity index is 0.000000158. The fourth-order valence-electron chi connectivity index (χ4n) is 4.07. The average molecular weight is 963 g/mol. The molecule has 3 aromatic carbocycles. The van der Waals surface area contributed by atoms with Crippen molar-refractivity contribution < 1.29 is 34.7 Å². The van der Waals surface area contributed by atoms with E-state index >= 15 is 0 Å². The normalized spacial score (nSPS) is 10.7. The van der Waals surface area contributed by atoms with Crippen LogP contribution in [0.2, 0.25) is 0 Å². The molecule has 0 fully saturated rings. The van der Waals surface area contributed by atoms with Gasteiger partial charge in [0.25, 0.3) is 0 Å². The third-order valence-corrected chi connectivity index (χ3v) is 9.45. The van der Waals surface area contributed by atoms with Crippen LogP contribution in [0.25, 0.3) is 41.3 Å². The molecular formula is C37H26Br2IrN2O3S2-2.